The number of nitrogens with zero attached hydrogens (tertiary/aromatic N) is 1. The Morgan fingerprint density at radius 3 is 2.54 bits per heavy atom. The summed E-state index contributed by atoms with van der Waals surface area (Å²) in [6, 6.07) is 0. The highest BCUT2D eigenvalue weighted by atomic mass is 16.4. The zero-order valence-electron chi connectivity index (χ0n) is 8.04. The number of carboxylic acid groups (broad SMARTS) is 1. The van der Waals surface area contributed by atoms with Gasteiger partial charge in [-0.15, -0.1) is 0 Å². The Morgan fingerprint density at radius 2 is 2.08 bits per heavy atom. The Morgan fingerprint density at radius 1 is 1.46 bits per heavy atom. The summed E-state index contributed by atoms with van der Waals surface area (Å²) in [7, 11) is 3.37. The molecule has 0 aromatic rings. The van der Waals surface area contributed by atoms with E-state index in [0.717, 1.165) is 0 Å². The lowest BCUT2D eigenvalue weighted by Crippen LogP contribution is -2.33. The van der Waals surface area contributed by atoms with E-state index in [0.29, 0.717) is 19.5 Å². The Hall–Kier alpha value is -1.10. The van der Waals surface area contributed by atoms with Gasteiger partial charge in [0.1, 0.15) is 0 Å². The molecule has 0 rings (SSSR count). The molecule has 0 saturated heterocycles. The van der Waals surface area contributed by atoms with Gasteiger partial charge in [0, 0.05) is 13.5 Å². The second-order valence-corrected chi connectivity index (χ2v) is 2.91. The second kappa shape index (κ2) is 6.42. The first-order valence-corrected chi connectivity index (χ1v) is 4.17. The van der Waals surface area contributed by atoms with Crippen molar-refractivity contribution in [2.75, 3.05) is 27.2 Å². The summed E-state index contributed by atoms with van der Waals surface area (Å²) in [6.07, 6.45) is 0.723. The summed E-state index contributed by atoms with van der Waals surface area (Å²) in [5.41, 5.74) is 0. The molecule has 13 heavy (non-hydrogen) atoms. The number of nitrogens with one attached hydrogen (secondary N) is 1. The second-order valence-electron chi connectivity index (χ2n) is 2.91. The minimum absolute atomic E-state index is 0.0576. The van der Waals surface area contributed by atoms with E-state index in [1.165, 1.54) is 0 Å². The fourth-order valence-corrected chi connectivity index (χ4v) is 0.903. The molecule has 0 aliphatic rings. The van der Waals surface area contributed by atoms with Crippen molar-refractivity contribution >= 4 is 11.9 Å². The van der Waals surface area contributed by atoms with Crippen molar-refractivity contribution in [3.8, 4) is 0 Å². The molecule has 1 amide bonds. The van der Waals surface area contributed by atoms with Gasteiger partial charge in [-0.3, -0.25) is 14.5 Å². The minimum Gasteiger partial charge on any atom is -0.481 e. The summed E-state index contributed by atoms with van der Waals surface area (Å²) in [5, 5.41) is 10.9. The van der Waals surface area contributed by atoms with Gasteiger partial charge in [0.05, 0.1) is 6.54 Å². The van der Waals surface area contributed by atoms with Gasteiger partial charge in [-0.1, -0.05) is 0 Å². The maximum absolute atomic E-state index is 10.9. The van der Waals surface area contributed by atoms with Crippen molar-refractivity contribution in [2.45, 2.75) is 12.8 Å². The summed E-state index contributed by atoms with van der Waals surface area (Å²) in [6.45, 7) is 0.940. The van der Waals surface area contributed by atoms with E-state index < -0.39 is 5.97 Å². The predicted octanol–water partition coefficient (Wildman–Crippen LogP) is -0.471. The van der Waals surface area contributed by atoms with Crippen molar-refractivity contribution in [2.24, 2.45) is 0 Å². The van der Waals surface area contributed by atoms with Gasteiger partial charge in [-0.05, 0) is 20.0 Å². The predicted molar refractivity (Wildman–Crippen MR) is 48.4 cm³/mol. The molecule has 2 N–H and O–H groups in total. The molecule has 0 unspecified atom stereocenters. The first kappa shape index (κ1) is 11.9. The maximum atomic E-state index is 10.9. The van der Waals surface area contributed by atoms with E-state index in [1.807, 2.05) is 0 Å². The van der Waals surface area contributed by atoms with Crippen LogP contribution in [0.3, 0.4) is 0 Å². The van der Waals surface area contributed by atoms with E-state index in [4.69, 9.17) is 5.11 Å². The molecule has 0 saturated carbocycles. The van der Waals surface area contributed by atoms with Crippen LogP contribution in [0.15, 0.2) is 0 Å². The van der Waals surface area contributed by atoms with Crippen LogP contribution in [0.1, 0.15) is 12.8 Å². The molecule has 0 heterocycles. The number of hydrogen-bond acceptors (Lipinski definition) is 3. The van der Waals surface area contributed by atoms with Crippen LogP contribution in [0.5, 0.6) is 0 Å². The van der Waals surface area contributed by atoms with Gasteiger partial charge in [0.2, 0.25) is 5.91 Å². The van der Waals surface area contributed by atoms with E-state index in [9.17, 15) is 9.59 Å². The van der Waals surface area contributed by atoms with Crippen molar-refractivity contribution < 1.29 is 14.7 Å². The highest BCUT2D eigenvalue weighted by Gasteiger charge is 2.04. The largest absolute Gasteiger partial charge is 0.481 e. The molecule has 0 radical (unpaired) electrons. The van der Waals surface area contributed by atoms with Gasteiger partial charge in [0.25, 0.3) is 0 Å². The number of carboxylic acids is 1. The molecule has 0 fully saturated rings. The highest BCUT2D eigenvalue weighted by molar-refractivity contribution is 5.77. The van der Waals surface area contributed by atoms with Crippen LogP contribution >= 0.6 is 0 Å². The van der Waals surface area contributed by atoms with Crippen LogP contribution in [0, 0.1) is 0 Å². The van der Waals surface area contributed by atoms with Crippen molar-refractivity contribution in [3.05, 3.63) is 0 Å². The lowest BCUT2D eigenvalue weighted by Gasteiger charge is -2.14. The van der Waals surface area contributed by atoms with Crippen LogP contribution in [0.4, 0.5) is 0 Å². The normalized spacial score (nSPS) is 10.1. The number of rotatable bonds is 6. The third-order valence-corrected chi connectivity index (χ3v) is 1.62. The van der Waals surface area contributed by atoms with E-state index in [2.05, 4.69) is 5.32 Å². The molecule has 5 nitrogen and oxygen atoms in total. The number of aliphatic carboxylic acids is 1. The van der Waals surface area contributed by atoms with Gasteiger partial charge in [-0.2, -0.15) is 0 Å². The van der Waals surface area contributed by atoms with Crippen LogP contribution in [0.25, 0.3) is 0 Å². The molecule has 0 aromatic heterocycles. The number of carbonyl (C=O) groups is 2. The highest BCUT2D eigenvalue weighted by Crippen LogP contribution is 1.92. The van der Waals surface area contributed by atoms with E-state index >= 15 is 0 Å². The molecule has 0 aliphatic heterocycles. The summed E-state index contributed by atoms with van der Waals surface area (Å²) >= 11 is 0. The zero-order valence-corrected chi connectivity index (χ0v) is 8.04. The fourth-order valence-electron chi connectivity index (χ4n) is 0.903. The molecule has 0 spiro atoms. The molecule has 0 bridgehead atoms. The monoisotopic (exact) mass is 188 g/mol. The van der Waals surface area contributed by atoms with Crippen LogP contribution in [0.2, 0.25) is 0 Å². The first-order chi connectivity index (χ1) is 6.06. The van der Waals surface area contributed by atoms with Crippen molar-refractivity contribution in [3.63, 3.8) is 0 Å². The average Bonchev–Trinajstić information content (AvgIpc) is 2.03. The first-order valence-electron chi connectivity index (χ1n) is 4.17. The summed E-state index contributed by atoms with van der Waals surface area (Å²) < 4.78 is 0. The lowest BCUT2D eigenvalue weighted by atomic mass is 10.3. The lowest BCUT2D eigenvalue weighted by molar-refractivity contribution is -0.137. The Bertz CT molecular complexity index is 182. The average molecular weight is 188 g/mol. The number of hydrogen-bond donors (Lipinski definition) is 2. The Kier molecular flexibility index (Phi) is 5.88. The fraction of sp³-hybridized carbons (Fsp3) is 0.750. The SMILES string of the molecule is CNC(=O)CN(C)CCCC(=O)O. The van der Waals surface area contributed by atoms with Gasteiger partial charge >= 0.3 is 5.97 Å². The maximum Gasteiger partial charge on any atom is 0.303 e. The molecule has 0 aromatic carbocycles. The summed E-state index contributed by atoms with van der Waals surface area (Å²) in [4.78, 5) is 22.8. The molecule has 0 atom stereocenters. The minimum atomic E-state index is -0.798. The summed E-state index contributed by atoms with van der Waals surface area (Å²) in [5.74, 6) is -0.855. The molecule has 5 heteroatoms. The third kappa shape index (κ3) is 7.27. The quantitative estimate of drug-likeness (QED) is 0.591. The van der Waals surface area contributed by atoms with Crippen molar-refractivity contribution in [1.82, 2.24) is 10.2 Å². The Balaban J connectivity index is 3.45. The van der Waals surface area contributed by atoms with Gasteiger partial charge < -0.3 is 10.4 Å². The molecular weight excluding hydrogens is 172 g/mol. The molecule has 76 valence electrons. The van der Waals surface area contributed by atoms with Crippen LogP contribution in [-0.4, -0.2) is 49.1 Å². The van der Waals surface area contributed by atoms with Gasteiger partial charge in [-0.25, -0.2) is 0 Å². The van der Waals surface area contributed by atoms with Crippen LogP contribution < -0.4 is 5.32 Å². The Labute approximate surface area is 77.7 Å². The number of likely N-dealkylation sites (N-methyl/N-ethyl adjacent to an activating group) is 2. The number of carbonyl (C=O) groups excluding carboxylic acids is 1. The van der Waals surface area contributed by atoms with E-state index in [1.54, 1.807) is 19.0 Å². The topological polar surface area (TPSA) is 69.6 Å². The van der Waals surface area contributed by atoms with Crippen molar-refractivity contribution in [1.29, 1.82) is 0 Å². The molecule has 0 aliphatic carbocycles. The van der Waals surface area contributed by atoms with E-state index in [-0.39, 0.29) is 12.3 Å². The number of amides is 1. The van der Waals surface area contributed by atoms with Crippen LogP contribution in [-0.2, 0) is 9.59 Å². The van der Waals surface area contributed by atoms with Gasteiger partial charge in [0.15, 0.2) is 0 Å². The third-order valence-electron chi connectivity index (χ3n) is 1.62. The zero-order chi connectivity index (χ0) is 10.3. The molecular formula is C8H16N2O3. The standard InChI is InChI=1S/C8H16N2O3/c1-9-7(11)6-10(2)5-3-4-8(12)13/h3-6H2,1-2H3,(H,9,11)(H,12,13). The smallest absolute Gasteiger partial charge is 0.303 e.